The van der Waals surface area contributed by atoms with Crippen molar-refractivity contribution in [3.8, 4) is 11.5 Å². The smallest absolute Gasteiger partial charge is 0.490 e. The largest absolute Gasteiger partial charge is 0.573 e. The summed E-state index contributed by atoms with van der Waals surface area (Å²) in [5, 5.41) is 9.62. The second kappa shape index (κ2) is 5.11. The summed E-state index contributed by atoms with van der Waals surface area (Å²) in [5.74, 6) is 0.106. The maximum Gasteiger partial charge on any atom is 0.573 e. The minimum atomic E-state index is -4.73. The summed E-state index contributed by atoms with van der Waals surface area (Å²) in [6, 6.07) is 4.02. The van der Waals surface area contributed by atoms with Crippen molar-refractivity contribution >= 4 is 15.9 Å². The summed E-state index contributed by atoms with van der Waals surface area (Å²) in [7, 11) is 0. The molecule has 1 N–H and O–H groups in total. The van der Waals surface area contributed by atoms with E-state index in [1.165, 1.54) is 18.2 Å². The first-order valence-electron chi connectivity index (χ1n) is 5.99. The molecule has 7 heteroatoms. The minimum absolute atomic E-state index is 0.157. The molecule has 1 fully saturated rings. The number of ether oxygens (including phenoxy) is 2. The summed E-state index contributed by atoms with van der Waals surface area (Å²) in [5.41, 5.74) is -0.367. The standard InChI is InChI=1S/C13H14BrF3O3/c1-12(2)10(18)6-11(12)19-7-3-4-9(8(14)5-7)20-13(15,16)17/h3-5,10-11,18H,6H2,1-2H3. The van der Waals surface area contributed by atoms with Gasteiger partial charge in [-0.25, -0.2) is 0 Å². The molecule has 20 heavy (non-hydrogen) atoms. The van der Waals surface area contributed by atoms with Gasteiger partial charge in [-0.2, -0.15) is 0 Å². The van der Waals surface area contributed by atoms with Crippen LogP contribution in [0.2, 0.25) is 0 Å². The summed E-state index contributed by atoms with van der Waals surface area (Å²) in [4.78, 5) is 0. The van der Waals surface area contributed by atoms with E-state index in [2.05, 4.69) is 20.7 Å². The number of aliphatic hydroxyl groups excluding tert-OH is 1. The molecule has 0 saturated heterocycles. The van der Waals surface area contributed by atoms with E-state index in [1.807, 2.05) is 13.8 Å². The Kier molecular flexibility index (Phi) is 3.94. The van der Waals surface area contributed by atoms with E-state index in [9.17, 15) is 18.3 Å². The third-order valence-electron chi connectivity index (χ3n) is 3.53. The fourth-order valence-corrected chi connectivity index (χ4v) is 2.43. The molecular formula is C13H14BrF3O3. The van der Waals surface area contributed by atoms with Crippen LogP contribution in [0.3, 0.4) is 0 Å². The van der Waals surface area contributed by atoms with E-state index in [0.717, 1.165) is 0 Å². The monoisotopic (exact) mass is 354 g/mol. The molecule has 2 rings (SSSR count). The lowest BCUT2D eigenvalue weighted by molar-refractivity contribution is -0.274. The van der Waals surface area contributed by atoms with Gasteiger partial charge in [0.2, 0.25) is 0 Å². The van der Waals surface area contributed by atoms with Crippen LogP contribution in [0.1, 0.15) is 20.3 Å². The molecule has 0 spiro atoms. The van der Waals surface area contributed by atoms with Crippen molar-refractivity contribution in [3.05, 3.63) is 22.7 Å². The van der Waals surface area contributed by atoms with Crippen LogP contribution in [0.15, 0.2) is 22.7 Å². The number of aliphatic hydroxyl groups is 1. The van der Waals surface area contributed by atoms with Gasteiger partial charge in [-0.3, -0.25) is 0 Å². The maximum atomic E-state index is 12.1. The fourth-order valence-electron chi connectivity index (χ4n) is 1.99. The van der Waals surface area contributed by atoms with E-state index >= 15 is 0 Å². The highest BCUT2D eigenvalue weighted by Crippen LogP contribution is 2.43. The van der Waals surface area contributed by atoms with Gasteiger partial charge in [0.05, 0.1) is 10.6 Å². The highest BCUT2D eigenvalue weighted by atomic mass is 79.9. The molecule has 3 nitrogen and oxygen atoms in total. The molecule has 0 radical (unpaired) electrons. The van der Waals surface area contributed by atoms with Crippen molar-refractivity contribution in [3.63, 3.8) is 0 Å². The van der Waals surface area contributed by atoms with Crippen LogP contribution in [-0.4, -0.2) is 23.7 Å². The van der Waals surface area contributed by atoms with Crippen LogP contribution in [-0.2, 0) is 0 Å². The molecule has 1 saturated carbocycles. The summed E-state index contributed by atoms with van der Waals surface area (Å²) in [6.45, 7) is 3.75. The van der Waals surface area contributed by atoms with Crippen LogP contribution in [0, 0.1) is 5.41 Å². The zero-order chi connectivity index (χ0) is 15.1. The third kappa shape index (κ3) is 3.20. The SMILES string of the molecule is CC1(C)C(O)CC1Oc1ccc(OC(F)(F)F)c(Br)c1. The average molecular weight is 355 g/mol. The van der Waals surface area contributed by atoms with Crippen molar-refractivity contribution in [2.75, 3.05) is 0 Å². The number of hydrogen-bond acceptors (Lipinski definition) is 3. The molecule has 112 valence electrons. The molecular weight excluding hydrogens is 341 g/mol. The van der Waals surface area contributed by atoms with E-state index < -0.39 is 12.5 Å². The highest BCUT2D eigenvalue weighted by Gasteiger charge is 2.49. The number of hydrogen-bond donors (Lipinski definition) is 1. The second-order valence-corrected chi connectivity index (χ2v) is 6.17. The van der Waals surface area contributed by atoms with Gasteiger partial charge < -0.3 is 14.6 Å². The zero-order valence-corrected chi connectivity index (χ0v) is 12.5. The van der Waals surface area contributed by atoms with E-state index in [4.69, 9.17) is 4.74 Å². The summed E-state index contributed by atoms with van der Waals surface area (Å²) >= 11 is 3.02. The first kappa shape index (κ1) is 15.4. The average Bonchev–Trinajstić information content (AvgIpc) is 2.31. The molecule has 0 heterocycles. The van der Waals surface area contributed by atoms with Gasteiger partial charge in [-0.1, -0.05) is 13.8 Å². The first-order valence-corrected chi connectivity index (χ1v) is 6.79. The lowest BCUT2D eigenvalue weighted by Gasteiger charge is -2.48. The molecule has 2 atom stereocenters. The molecule has 1 aromatic rings. The van der Waals surface area contributed by atoms with Gasteiger partial charge in [0.1, 0.15) is 17.6 Å². The Labute approximate surface area is 122 Å². The van der Waals surface area contributed by atoms with Crippen molar-refractivity contribution in [1.82, 2.24) is 0 Å². The normalized spacial score (nSPS) is 24.9. The topological polar surface area (TPSA) is 38.7 Å². The van der Waals surface area contributed by atoms with Gasteiger partial charge in [-0.05, 0) is 34.1 Å². The molecule has 1 aromatic carbocycles. The Hall–Kier alpha value is -0.950. The Balaban J connectivity index is 2.07. The Morgan fingerprint density at radius 3 is 2.45 bits per heavy atom. The Morgan fingerprint density at radius 1 is 1.35 bits per heavy atom. The Bertz CT molecular complexity index is 502. The van der Waals surface area contributed by atoms with Crippen molar-refractivity contribution < 1.29 is 27.8 Å². The molecule has 0 bridgehead atoms. The summed E-state index contributed by atoms with van der Waals surface area (Å²) in [6.07, 6.45) is -4.82. The lowest BCUT2D eigenvalue weighted by atomic mass is 9.66. The van der Waals surface area contributed by atoms with Gasteiger partial charge >= 0.3 is 6.36 Å². The fraction of sp³-hybridized carbons (Fsp3) is 0.538. The molecule has 2 unspecified atom stereocenters. The van der Waals surface area contributed by atoms with E-state index in [-0.39, 0.29) is 21.7 Å². The van der Waals surface area contributed by atoms with Crippen LogP contribution in [0.5, 0.6) is 11.5 Å². The molecule has 1 aliphatic rings. The highest BCUT2D eigenvalue weighted by molar-refractivity contribution is 9.10. The van der Waals surface area contributed by atoms with Crippen LogP contribution >= 0.6 is 15.9 Å². The molecule has 0 amide bonds. The van der Waals surface area contributed by atoms with Gasteiger partial charge in [0, 0.05) is 11.8 Å². The summed E-state index contributed by atoms with van der Waals surface area (Å²) < 4.78 is 46.1. The van der Waals surface area contributed by atoms with Crippen molar-refractivity contribution in [1.29, 1.82) is 0 Å². The quantitative estimate of drug-likeness (QED) is 0.894. The number of rotatable bonds is 3. The molecule has 0 aromatic heterocycles. The van der Waals surface area contributed by atoms with E-state index in [1.54, 1.807) is 0 Å². The van der Waals surface area contributed by atoms with Crippen LogP contribution in [0.4, 0.5) is 13.2 Å². The number of halogens is 4. The molecule has 1 aliphatic carbocycles. The lowest BCUT2D eigenvalue weighted by Crippen LogP contribution is -2.56. The first-order chi connectivity index (χ1) is 9.09. The van der Waals surface area contributed by atoms with E-state index in [0.29, 0.717) is 12.2 Å². The van der Waals surface area contributed by atoms with Crippen molar-refractivity contribution in [2.24, 2.45) is 5.41 Å². The number of benzene rings is 1. The van der Waals surface area contributed by atoms with Crippen LogP contribution < -0.4 is 9.47 Å². The third-order valence-corrected chi connectivity index (χ3v) is 4.15. The van der Waals surface area contributed by atoms with Crippen molar-refractivity contribution in [2.45, 2.75) is 38.8 Å². The maximum absolute atomic E-state index is 12.1. The minimum Gasteiger partial charge on any atom is -0.490 e. The zero-order valence-electron chi connectivity index (χ0n) is 10.9. The number of alkyl halides is 3. The predicted molar refractivity (Wildman–Crippen MR) is 69.6 cm³/mol. The molecule has 0 aliphatic heterocycles. The predicted octanol–water partition coefficient (Wildman–Crippen LogP) is 3.89. The Morgan fingerprint density at radius 2 is 2.00 bits per heavy atom. The van der Waals surface area contributed by atoms with Gasteiger partial charge in [-0.15, -0.1) is 13.2 Å². The van der Waals surface area contributed by atoms with Gasteiger partial charge in [0.25, 0.3) is 0 Å². The van der Waals surface area contributed by atoms with Crippen LogP contribution in [0.25, 0.3) is 0 Å². The van der Waals surface area contributed by atoms with Gasteiger partial charge in [0.15, 0.2) is 0 Å². The second-order valence-electron chi connectivity index (χ2n) is 5.32.